The Morgan fingerprint density at radius 3 is 2.82 bits per heavy atom. The van der Waals surface area contributed by atoms with Crippen molar-refractivity contribution in [3.8, 4) is 0 Å². The molecule has 0 amide bonds. The summed E-state index contributed by atoms with van der Waals surface area (Å²) in [5.74, 6) is 0.818. The molecule has 0 aromatic carbocycles. The van der Waals surface area contributed by atoms with Crippen molar-refractivity contribution in [3.63, 3.8) is 0 Å². The third-order valence-corrected chi connectivity index (χ3v) is 2.64. The summed E-state index contributed by atoms with van der Waals surface area (Å²) in [6.45, 7) is 2.87. The first-order valence-corrected chi connectivity index (χ1v) is 6.34. The molecule has 1 heterocycles. The van der Waals surface area contributed by atoms with E-state index in [2.05, 4.69) is 16.9 Å². The highest BCUT2D eigenvalue weighted by atomic mass is 16.5. The predicted molar refractivity (Wildman–Crippen MR) is 68.3 cm³/mol. The Morgan fingerprint density at radius 2 is 2.12 bits per heavy atom. The summed E-state index contributed by atoms with van der Waals surface area (Å²) in [6.07, 6.45) is 6.01. The van der Waals surface area contributed by atoms with E-state index < -0.39 is 0 Å². The third kappa shape index (κ3) is 5.63. The van der Waals surface area contributed by atoms with Crippen LogP contribution >= 0.6 is 0 Å². The third-order valence-electron chi connectivity index (χ3n) is 2.64. The van der Waals surface area contributed by atoms with E-state index in [4.69, 9.17) is 4.74 Å². The molecule has 0 aliphatic carbocycles. The molecule has 0 saturated heterocycles. The highest BCUT2D eigenvalue weighted by molar-refractivity contribution is 5.03. The number of H-pyrrole nitrogens is 1. The topological polar surface area (TPSA) is 55.0 Å². The smallest absolute Gasteiger partial charge is 0.251 e. The van der Waals surface area contributed by atoms with Crippen LogP contribution in [0.25, 0.3) is 0 Å². The molecule has 0 radical (unpaired) electrons. The maximum atomic E-state index is 11.4. The Kier molecular flexibility index (Phi) is 6.55. The molecule has 0 bridgehead atoms. The van der Waals surface area contributed by atoms with Gasteiger partial charge in [-0.05, 0) is 19.3 Å². The zero-order valence-corrected chi connectivity index (χ0v) is 10.8. The number of aromatic amines is 1. The van der Waals surface area contributed by atoms with Gasteiger partial charge in [0.05, 0.1) is 0 Å². The summed E-state index contributed by atoms with van der Waals surface area (Å²) < 4.78 is 4.99. The number of ether oxygens (including phenoxy) is 1. The Labute approximate surface area is 102 Å². The number of methoxy groups -OCH3 is 1. The van der Waals surface area contributed by atoms with E-state index in [1.807, 2.05) is 0 Å². The van der Waals surface area contributed by atoms with Crippen molar-refractivity contribution in [1.82, 2.24) is 9.97 Å². The summed E-state index contributed by atoms with van der Waals surface area (Å²) in [5.41, 5.74) is 0.830. The molecule has 4 nitrogen and oxygen atoms in total. The van der Waals surface area contributed by atoms with Gasteiger partial charge in [-0.15, -0.1) is 0 Å². The van der Waals surface area contributed by atoms with Crippen LogP contribution < -0.4 is 5.56 Å². The van der Waals surface area contributed by atoms with Gasteiger partial charge in [-0.2, -0.15) is 0 Å². The van der Waals surface area contributed by atoms with Gasteiger partial charge < -0.3 is 9.72 Å². The molecule has 0 atom stereocenters. The highest BCUT2D eigenvalue weighted by Crippen LogP contribution is 2.02. The highest BCUT2D eigenvalue weighted by Gasteiger charge is 2.01. The van der Waals surface area contributed by atoms with E-state index in [0.29, 0.717) is 6.61 Å². The first-order valence-electron chi connectivity index (χ1n) is 6.34. The molecule has 1 aromatic rings. The summed E-state index contributed by atoms with van der Waals surface area (Å²) in [5, 5.41) is 0. The maximum absolute atomic E-state index is 11.4. The summed E-state index contributed by atoms with van der Waals surface area (Å²) in [7, 11) is 1.68. The second kappa shape index (κ2) is 8.01. The van der Waals surface area contributed by atoms with Crippen molar-refractivity contribution in [2.75, 3.05) is 13.7 Å². The standard InChI is InChI=1S/C13H22N2O2/c1-3-4-5-8-12-14-11(7-6-9-17-2)10-13(16)15-12/h10H,3-9H2,1-2H3,(H,14,15,16). The van der Waals surface area contributed by atoms with E-state index >= 15 is 0 Å². The molecule has 17 heavy (non-hydrogen) atoms. The predicted octanol–water partition coefficient (Wildman–Crippen LogP) is 2.08. The lowest BCUT2D eigenvalue weighted by molar-refractivity contribution is 0.195. The number of aryl methyl sites for hydroxylation is 2. The zero-order chi connectivity index (χ0) is 12.5. The lowest BCUT2D eigenvalue weighted by Gasteiger charge is -2.04. The number of nitrogens with one attached hydrogen (secondary N) is 1. The van der Waals surface area contributed by atoms with Crippen LogP contribution in [0.15, 0.2) is 10.9 Å². The van der Waals surface area contributed by atoms with E-state index in [1.54, 1.807) is 13.2 Å². The van der Waals surface area contributed by atoms with Gasteiger partial charge in [-0.3, -0.25) is 4.79 Å². The fraction of sp³-hybridized carbons (Fsp3) is 0.692. The van der Waals surface area contributed by atoms with Crippen molar-refractivity contribution in [2.24, 2.45) is 0 Å². The SMILES string of the molecule is CCCCCc1nc(CCCOC)cc(=O)[nH]1. The van der Waals surface area contributed by atoms with Crippen LogP contribution in [-0.4, -0.2) is 23.7 Å². The van der Waals surface area contributed by atoms with Crippen LogP contribution in [0.5, 0.6) is 0 Å². The Bertz CT molecular complexity index is 343. The molecular formula is C13H22N2O2. The molecule has 96 valence electrons. The lowest BCUT2D eigenvalue weighted by Crippen LogP contribution is -2.13. The van der Waals surface area contributed by atoms with Crippen molar-refractivity contribution in [2.45, 2.75) is 45.4 Å². The average molecular weight is 238 g/mol. The Hall–Kier alpha value is -1.16. The van der Waals surface area contributed by atoms with Crippen LogP contribution in [-0.2, 0) is 17.6 Å². The lowest BCUT2D eigenvalue weighted by atomic mass is 10.2. The molecule has 0 spiro atoms. The normalized spacial score (nSPS) is 10.7. The van der Waals surface area contributed by atoms with Gasteiger partial charge in [-0.1, -0.05) is 19.8 Å². The van der Waals surface area contributed by atoms with E-state index in [0.717, 1.165) is 37.2 Å². The molecular weight excluding hydrogens is 216 g/mol. The van der Waals surface area contributed by atoms with Crippen LogP contribution in [0, 0.1) is 0 Å². The van der Waals surface area contributed by atoms with Crippen molar-refractivity contribution >= 4 is 0 Å². The van der Waals surface area contributed by atoms with Gasteiger partial charge >= 0.3 is 0 Å². The van der Waals surface area contributed by atoms with Gasteiger partial charge in [0.25, 0.3) is 5.56 Å². The van der Waals surface area contributed by atoms with Gasteiger partial charge in [0, 0.05) is 31.9 Å². The van der Waals surface area contributed by atoms with E-state index in [9.17, 15) is 4.79 Å². The molecule has 4 heteroatoms. The second-order valence-electron chi connectivity index (χ2n) is 4.24. The zero-order valence-electron chi connectivity index (χ0n) is 10.8. The second-order valence-corrected chi connectivity index (χ2v) is 4.24. The van der Waals surface area contributed by atoms with E-state index in [-0.39, 0.29) is 5.56 Å². The fourth-order valence-electron chi connectivity index (χ4n) is 1.75. The number of unbranched alkanes of at least 4 members (excludes halogenated alkanes) is 2. The quantitative estimate of drug-likeness (QED) is 0.705. The molecule has 1 N–H and O–H groups in total. The minimum Gasteiger partial charge on any atom is -0.385 e. The summed E-state index contributed by atoms with van der Waals surface area (Å²) in [4.78, 5) is 18.7. The van der Waals surface area contributed by atoms with Gasteiger partial charge in [0.2, 0.25) is 0 Å². The van der Waals surface area contributed by atoms with Gasteiger partial charge in [0.15, 0.2) is 0 Å². The molecule has 0 unspecified atom stereocenters. The van der Waals surface area contributed by atoms with Crippen LogP contribution in [0.1, 0.15) is 44.1 Å². The van der Waals surface area contributed by atoms with Crippen molar-refractivity contribution in [3.05, 3.63) is 27.9 Å². The molecule has 0 fully saturated rings. The first kappa shape index (κ1) is 13.9. The summed E-state index contributed by atoms with van der Waals surface area (Å²) >= 11 is 0. The maximum Gasteiger partial charge on any atom is 0.251 e. The number of hydrogen-bond acceptors (Lipinski definition) is 3. The fourth-order valence-corrected chi connectivity index (χ4v) is 1.75. The van der Waals surface area contributed by atoms with Crippen LogP contribution in [0.4, 0.5) is 0 Å². The number of rotatable bonds is 8. The van der Waals surface area contributed by atoms with Crippen molar-refractivity contribution < 1.29 is 4.74 Å². The molecule has 1 aromatic heterocycles. The molecule has 0 aliphatic rings. The van der Waals surface area contributed by atoms with E-state index in [1.165, 1.54) is 12.8 Å². The Balaban J connectivity index is 2.56. The number of hydrogen-bond donors (Lipinski definition) is 1. The first-order chi connectivity index (χ1) is 8.26. The monoisotopic (exact) mass is 238 g/mol. The van der Waals surface area contributed by atoms with Crippen LogP contribution in [0.2, 0.25) is 0 Å². The molecule has 1 rings (SSSR count). The van der Waals surface area contributed by atoms with Gasteiger partial charge in [0.1, 0.15) is 5.82 Å². The number of nitrogens with zero attached hydrogens (tertiary/aromatic N) is 1. The minimum atomic E-state index is -0.0427. The molecule has 0 aliphatic heterocycles. The summed E-state index contributed by atoms with van der Waals surface area (Å²) in [6, 6.07) is 1.58. The Morgan fingerprint density at radius 1 is 1.29 bits per heavy atom. The average Bonchev–Trinajstić information content (AvgIpc) is 2.29. The number of aromatic nitrogens is 2. The van der Waals surface area contributed by atoms with Gasteiger partial charge in [-0.25, -0.2) is 4.98 Å². The molecule has 0 saturated carbocycles. The van der Waals surface area contributed by atoms with Crippen LogP contribution in [0.3, 0.4) is 0 Å². The minimum absolute atomic E-state index is 0.0427. The largest absolute Gasteiger partial charge is 0.385 e. The van der Waals surface area contributed by atoms with Crippen molar-refractivity contribution in [1.29, 1.82) is 0 Å².